The molecular weight excluding hydrogens is 299 g/mol. The molecule has 2 heteroatoms. The Kier molecular flexibility index (Phi) is 5.02. The van der Waals surface area contributed by atoms with Gasteiger partial charge in [-0.25, -0.2) is 0 Å². The number of rotatable bonds is 6. The van der Waals surface area contributed by atoms with Crippen LogP contribution in [0.2, 0.25) is 0 Å². The highest BCUT2D eigenvalue weighted by atomic mass is 31.0. The second kappa shape index (κ2) is 7.37. The van der Waals surface area contributed by atoms with E-state index in [9.17, 15) is 0 Å². The van der Waals surface area contributed by atoms with Crippen molar-refractivity contribution < 1.29 is 4.74 Å². The van der Waals surface area contributed by atoms with Gasteiger partial charge in [0.25, 0.3) is 0 Å². The highest BCUT2D eigenvalue weighted by molar-refractivity contribution is 7.17. The SMILES string of the molecule is P=COCC(c1ccccc1)(c1ccccc1)c1ccccc1. The summed E-state index contributed by atoms with van der Waals surface area (Å²) in [4.78, 5) is 0. The minimum atomic E-state index is -0.354. The Balaban J connectivity index is 2.27. The summed E-state index contributed by atoms with van der Waals surface area (Å²) in [7, 11) is 3.32. The van der Waals surface area contributed by atoms with Crippen LogP contribution < -0.4 is 0 Å². The van der Waals surface area contributed by atoms with Gasteiger partial charge in [-0.2, -0.15) is 0 Å². The molecule has 0 saturated carbocycles. The number of benzene rings is 3. The molecule has 0 bridgehead atoms. The second-order valence-electron chi connectivity index (χ2n) is 5.43. The van der Waals surface area contributed by atoms with Gasteiger partial charge in [0.15, 0.2) is 0 Å². The summed E-state index contributed by atoms with van der Waals surface area (Å²) in [5, 5.41) is 0. The molecule has 1 nitrogen and oxygen atoms in total. The quantitative estimate of drug-likeness (QED) is 0.462. The maximum absolute atomic E-state index is 5.75. The normalized spacial score (nSPS) is 11.1. The lowest BCUT2D eigenvalue weighted by atomic mass is 9.70. The zero-order chi connectivity index (χ0) is 16.0. The fourth-order valence-corrected chi connectivity index (χ4v) is 3.17. The third kappa shape index (κ3) is 3.12. The van der Waals surface area contributed by atoms with Crippen LogP contribution in [-0.4, -0.2) is 12.6 Å². The Morgan fingerprint density at radius 3 is 1.30 bits per heavy atom. The summed E-state index contributed by atoms with van der Waals surface area (Å²) >= 11 is 0. The summed E-state index contributed by atoms with van der Waals surface area (Å²) in [6.45, 7) is 0.522. The number of hydrogen-bond donors (Lipinski definition) is 0. The van der Waals surface area contributed by atoms with Crippen molar-refractivity contribution in [3.8, 4) is 0 Å². The van der Waals surface area contributed by atoms with Crippen LogP contribution in [0.3, 0.4) is 0 Å². The summed E-state index contributed by atoms with van der Waals surface area (Å²) < 4.78 is 5.75. The van der Waals surface area contributed by atoms with Gasteiger partial charge < -0.3 is 4.74 Å². The molecule has 0 atom stereocenters. The van der Waals surface area contributed by atoms with Crippen molar-refractivity contribution in [2.45, 2.75) is 5.41 Å². The Morgan fingerprint density at radius 2 is 1.00 bits per heavy atom. The highest BCUT2D eigenvalue weighted by Crippen LogP contribution is 2.39. The molecule has 0 unspecified atom stereocenters. The predicted molar refractivity (Wildman–Crippen MR) is 99.5 cm³/mol. The maximum atomic E-state index is 5.75. The first-order valence-electron chi connectivity index (χ1n) is 7.65. The van der Waals surface area contributed by atoms with Crippen LogP contribution in [0.5, 0.6) is 0 Å². The first kappa shape index (κ1) is 15.7. The molecule has 0 aliphatic rings. The van der Waals surface area contributed by atoms with Gasteiger partial charge in [-0.05, 0) is 16.7 Å². The van der Waals surface area contributed by atoms with E-state index in [-0.39, 0.29) is 5.41 Å². The lowest BCUT2D eigenvalue weighted by Gasteiger charge is -2.35. The molecule has 3 rings (SSSR count). The molecule has 3 aromatic rings. The van der Waals surface area contributed by atoms with E-state index in [1.165, 1.54) is 16.7 Å². The standard InChI is InChI=1S/C21H19OP/c23-17-22-16-21(18-10-4-1-5-11-18,19-12-6-2-7-13-19)20-14-8-3-9-15-20/h1-15,17,23H,16H2. The van der Waals surface area contributed by atoms with E-state index in [2.05, 4.69) is 81.7 Å². The molecule has 0 saturated heterocycles. The molecule has 114 valence electrons. The summed E-state index contributed by atoms with van der Waals surface area (Å²) in [5.74, 6) is 1.57. The maximum Gasteiger partial charge on any atom is 0.0708 e. The Hall–Kier alpha value is -2.21. The smallest absolute Gasteiger partial charge is 0.0708 e. The molecule has 0 N–H and O–H groups in total. The number of ether oxygens (including phenoxy) is 1. The molecule has 0 amide bonds. The zero-order valence-electron chi connectivity index (χ0n) is 12.9. The van der Waals surface area contributed by atoms with Crippen LogP contribution in [0.15, 0.2) is 91.0 Å². The fraction of sp³-hybridized carbons (Fsp3) is 0.0952. The van der Waals surface area contributed by atoms with Crippen molar-refractivity contribution >= 4 is 14.8 Å². The highest BCUT2D eigenvalue weighted by Gasteiger charge is 2.36. The first-order valence-corrected chi connectivity index (χ1v) is 8.23. The van der Waals surface area contributed by atoms with Crippen molar-refractivity contribution in [2.75, 3.05) is 6.61 Å². The van der Waals surface area contributed by atoms with E-state index in [1.807, 2.05) is 18.2 Å². The van der Waals surface area contributed by atoms with Crippen LogP contribution in [-0.2, 0) is 10.2 Å². The van der Waals surface area contributed by atoms with Gasteiger partial charge in [-0.1, -0.05) is 99.9 Å². The molecule has 23 heavy (non-hydrogen) atoms. The van der Waals surface area contributed by atoms with Gasteiger partial charge in [-0.15, -0.1) is 0 Å². The molecule has 0 aliphatic carbocycles. The number of hydrogen-bond acceptors (Lipinski definition) is 1. The van der Waals surface area contributed by atoms with Gasteiger partial charge in [-0.3, -0.25) is 0 Å². The zero-order valence-corrected chi connectivity index (χ0v) is 13.9. The van der Waals surface area contributed by atoms with Crippen molar-refractivity contribution in [3.05, 3.63) is 108 Å². The summed E-state index contributed by atoms with van der Waals surface area (Å²) in [6.07, 6.45) is 0. The lowest BCUT2D eigenvalue weighted by molar-refractivity contribution is 0.271. The van der Waals surface area contributed by atoms with Crippen LogP contribution in [0.1, 0.15) is 16.7 Å². The largest absolute Gasteiger partial charge is 0.348 e. The predicted octanol–water partition coefficient (Wildman–Crippen LogP) is 4.94. The molecule has 0 fully saturated rings. The van der Waals surface area contributed by atoms with E-state index in [1.54, 1.807) is 5.98 Å². The van der Waals surface area contributed by atoms with Crippen molar-refractivity contribution in [1.82, 2.24) is 0 Å². The van der Waals surface area contributed by atoms with Crippen molar-refractivity contribution in [3.63, 3.8) is 0 Å². The Bertz CT molecular complexity index is 642. The van der Waals surface area contributed by atoms with E-state index in [0.29, 0.717) is 6.61 Å². The second-order valence-corrected chi connectivity index (χ2v) is 5.67. The average Bonchev–Trinajstić information content (AvgIpc) is 2.65. The average molecular weight is 318 g/mol. The first-order chi connectivity index (χ1) is 11.4. The monoisotopic (exact) mass is 318 g/mol. The fourth-order valence-electron chi connectivity index (χ4n) is 3.08. The molecule has 0 aliphatic heterocycles. The molecule has 0 spiro atoms. The molecule has 0 radical (unpaired) electrons. The van der Waals surface area contributed by atoms with Crippen molar-refractivity contribution in [1.29, 1.82) is 0 Å². The minimum absolute atomic E-state index is 0.354. The van der Waals surface area contributed by atoms with Crippen molar-refractivity contribution in [2.24, 2.45) is 0 Å². The van der Waals surface area contributed by atoms with Gasteiger partial charge in [0, 0.05) is 0 Å². The minimum Gasteiger partial charge on any atom is -0.348 e. The lowest BCUT2D eigenvalue weighted by Crippen LogP contribution is -2.34. The van der Waals surface area contributed by atoms with E-state index < -0.39 is 0 Å². The van der Waals surface area contributed by atoms with E-state index in [0.717, 1.165) is 0 Å². The Morgan fingerprint density at radius 1 is 0.652 bits per heavy atom. The van der Waals surface area contributed by atoms with Gasteiger partial charge in [0.05, 0.1) is 18.0 Å². The summed E-state index contributed by atoms with van der Waals surface area (Å²) in [5.41, 5.74) is 3.29. The van der Waals surface area contributed by atoms with E-state index in [4.69, 9.17) is 4.74 Å². The van der Waals surface area contributed by atoms with Gasteiger partial charge in [0.2, 0.25) is 0 Å². The third-order valence-electron chi connectivity index (χ3n) is 4.18. The van der Waals surface area contributed by atoms with Gasteiger partial charge in [0.1, 0.15) is 0 Å². The van der Waals surface area contributed by atoms with Crippen LogP contribution in [0.25, 0.3) is 0 Å². The van der Waals surface area contributed by atoms with Gasteiger partial charge >= 0.3 is 0 Å². The topological polar surface area (TPSA) is 9.23 Å². The molecule has 3 aromatic carbocycles. The third-order valence-corrected chi connectivity index (χ3v) is 4.35. The van der Waals surface area contributed by atoms with Crippen LogP contribution >= 0.6 is 8.86 Å². The Labute approximate surface area is 139 Å². The molecule has 0 aromatic heterocycles. The molecular formula is C21H19OP. The van der Waals surface area contributed by atoms with Crippen LogP contribution in [0, 0.1) is 0 Å². The molecule has 0 heterocycles. The van der Waals surface area contributed by atoms with E-state index >= 15 is 0 Å². The summed E-state index contributed by atoms with van der Waals surface area (Å²) in [6, 6.07) is 31.6. The van der Waals surface area contributed by atoms with Crippen LogP contribution in [0.4, 0.5) is 0 Å².